The van der Waals surface area contributed by atoms with Crippen LogP contribution in [0.3, 0.4) is 0 Å². The van der Waals surface area contributed by atoms with Gasteiger partial charge in [-0.15, -0.1) is 0 Å². The van der Waals surface area contributed by atoms with E-state index in [1.54, 1.807) is 0 Å². The molecule has 1 aromatic carbocycles. The second-order valence-corrected chi connectivity index (χ2v) is 7.20. The lowest BCUT2D eigenvalue weighted by Gasteiger charge is -2.36. The summed E-state index contributed by atoms with van der Waals surface area (Å²) < 4.78 is 11.6. The van der Waals surface area contributed by atoms with Gasteiger partial charge in [0.2, 0.25) is 5.91 Å². The fourth-order valence-corrected chi connectivity index (χ4v) is 3.70. The van der Waals surface area contributed by atoms with E-state index in [0.29, 0.717) is 6.10 Å². The van der Waals surface area contributed by atoms with Crippen molar-refractivity contribution in [3.05, 3.63) is 35.9 Å². The molecular weight excluding hydrogens is 316 g/mol. The Balaban J connectivity index is 1.47. The molecule has 5 heteroatoms. The molecule has 0 radical (unpaired) electrons. The van der Waals surface area contributed by atoms with Crippen molar-refractivity contribution in [2.75, 3.05) is 26.3 Å². The number of amides is 1. The van der Waals surface area contributed by atoms with Gasteiger partial charge in [0.05, 0.1) is 18.1 Å². The first-order valence-electron chi connectivity index (χ1n) is 9.47. The van der Waals surface area contributed by atoms with Crippen LogP contribution in [0.4, 0.5) is 0 Å². The second-order valence-electron chi connectivity index (χ2n) is 7.20. The lowest BCUT2D eigenvalue weighted by Crippen LogP contribution is -2.46. The molecule has 0 unspecified atom stereocenters. The molecule has 2 fully saturated rings. The molecular formula is C20H30N2O3. The van der Waals surface area contributed by atoms with Crippen LogP contribution in [0.25, 0.3) is 0 Å². The van der Waals surface area contributed by atoms with Crippen LogP contribution < -0.4 is 5.73 Å². The zero-order valence-electron chi connectivity index (χ0n) is 15.1. The van der Waals surface area contributed by atoms with Gasteiger partial charge in [0.1, 0.15) is 0 Å². The Kier molecular flexibility index (Phi) is 6.45. The normalized spacial score (nSPS) is 22.6. The van der Waals surface area contributed by atoms with Crippen LogP contribution in [0.2, 0.25) is 0 Å². The molecule has 2 atom stereocenters. The average Bonchev–Trinajstić information content (AvgIpc) is 2.68. The molecule has 3 rings (SSSR count). The van der Waals surface area contributed by atoms with Gasteiger partial charge in [0.25, 0.3) is 0 Å². The van der Waals surface area contributed by atoms with Crippen LogP contribution in [0.15, 0.2) is 30.3 Å². The fraction of sp³-hybridized carbons (Fsp3) is 0.650. The molecule has 138 valence electrons. The third-order valence-electron chi connectivity index (χ3n) is 5.42. The van der Waals surface area contributed by atoms with E-state index >= 15 is 0 Å². The number of carbonyl (C=O) groups excluding carboxylic acids is 1. The van der Waals surface area contributed by atoms with E-state index in [0.717, 1.165) is 57.6 Å². The van der Waals surface area contributed by atoms with Crippen LogP contribution in [0.1, 0.15) is 44.2 Å². The number of piperidine rings is 1. The summed E-state index contributed by atoms with van der Waals surface area (Å²) in [6, 6.07) is 9.61. The molecule has 2 saturated heterocycles. The zero-order valence-corrected chi connectivity index (χ0v) is 15.1. The highest BCUT2D eigenvalue weighted by molar-refractivity contribution is 5.79. The monoisotopic (exact) mass is 346 g/mol. The first-order chi connectivity index (χ1) is 12.1. The summed E-state index contributed by atoms with van der Waals surface area (Å²) in [5.41, 5.74) is 7.33. The first kappa shape index (κ1) is 18.4. The van der Waals surface area contributed by atoms with Gasteiger partial charge in [-0.25, -0.2) is 0 Å². The van der Waals surface area contributed by atoms with Crippen molar-refractivity contribution < 1.29 is 14.3 Å². The number of benzene rings is 1. The summed E-state index contributed by atoms with van der Waals surface area (Å²) in [6.07, 6.45) is 4.40. The number of rotatable bonds is 5. The predicted molar refractivity (Wildman–Crippen MR) is 97.1 cm³/mol. The number of hydrogen-bond acceptors (Lipinski definition) is 4. The number of nitrogens with two attached hydrogens (primary N) is 1. The summed E-state index contributed by atoms with van der Waals surface area (Å²) in [7, 11) is 0. The molecule has 2 aliphatic rings. The lowest BCUT2D eigenvalue weighted by molar-refractivity contribution is -0.140. The molecule has 0 saturated carbocycles. The molecule has 1 aromatic rings. The van der Waals surface area contributed by atoms with Gasteiger partial charge in [0, 0.05) is 32.3 Å². The Morgan fingerprint density at radius 2 is 1.72 bits per heavy atom. The molecule has 0 aliphatic carbocycles. The van der Waals surface area contributed by atoms with Gasteiger partial charge in [-0.2, -0.15) is 0 Å². The van der Waals surface area contributed by atoms with E-state index in [-0.39, 0.29) is 24.0 Å². The minimum Gasteiger partial charge on any atom is -0.381 e. The molecule has 2 N–H and O–H groups in total. The summed E-state index contributed by atoms with van der Waals surface area (Å²) >= 11 is 0. The summed E-state index contributed by atoms with van der Waals surface area (Å²) in [6.45, 7) is 5.07. The maximum absolute atomic E-state index is 12.8. The smallest absolute Gasteiger partial charge is 0.227 e. The van der Waals surface area contributed by atoms with Crippen molar-refractivity contribution in [3.63, 3.8) is 0 Å². The minimum absolute atomic E-state index is 0.154. The van der Waals surface area contributed by atoms with Crippen molar-refractivity contribution in [2.24, 2.45) is 11.7 Å². The van der Waals surface area contributed by atoms with E-state index < -0.39 is 0 Å². The van der Waals surface area contributed by atoms with Crippen LogP contribution >= 0.6 is 0 Å². The van der Waals surface area contributed by atoms with Gasteiger partial charge in [-0.3, -0.25) is 4.79 Å². The number of likely N-dealkylation sites (tertiary alicyclic amines) is 1. The first-order valence-corrected chi connectivity index (χ1v) is 9.47. The summed E-state index contributed by atoms with van der Waals surface area (Å²) in [5, 5.41) is 0. The lowest BCUT2D eigenvalue weighted by atomic mass is 9.93. The van der Waals surface area contributed by atoms with Crippen molar-refractivity contribution in [2.45, 2.75) is 50.9 Å². The van der Waals surface area contributed by atoms with Crippen molar-refractivity contribution in [3.8, 4) is 0 Å². The maximum atomic E-state index is 12.8. The fourth-order valence-electron chi connectivity index (χ4n) is 3.70. The Bertz CT molecular complexity index is 537. The van der Waals surface area contributed by atoms with Crippen molar-refractivity contribution in [1.82, 2.24) is 4.90 Å². The Labute approximate surface area is 150 Å². The van der Waals surface area contributed by atoms with Gasteiger partial charge in [-0.05, 0) is 31.2 Å². The average molecular weight is 346 g/mol. The topological polar surface area (TPSA) is 64.8 Å². The van der Waals surface area contributed by atoms with E-state index in [2.05, 4.69) is 0 Å². The van der Waals surface area contributed by atoms with Gasteiger partial charge < -0.3 is 20.1 Å². The molecule has 0 aromatic heterocycles. The Hall–Kier alpha value is -1.43. The number of carbonyl (C=O) groups is 1. The van der Waals surface area contributed by atoms with E-state index in [9.17, 15) is 4.79 Å². The quantitative estimate of drug-likeness (QED) is 0.890. The van der Waals surface area contributed by atoms with Gasteiger partial charge in [0.15, 0.2) is 0 Å². The van der Waals surface area contributed by atoms with E-state index in [1.807, 2.05) is 42.2 Å². The molecule has 5 nitrogen and oxygen atoms in total. The molecule has 2 aliphatic heterocycles. The van der Waals surface area contributed by atoms with Crippen LogP contribution in [-0.2, 0) is 14.3 Å². The standard InChI is InChI=1S/C20H30N2O3/c1-15(19(21)16-5-3-2-4-6-16)20(23)22-11-7-17(8-12-22)25-18-9-13-24-14-10-18/h2-6,15,17-19H,7-14,21H2,1H3/t15-,19+/m1/s1. The highest BCUT2D eigenvalue weighted by Crippen LogP contribution is 2.24. The van der Waals surface area contributed by atoms with Crippen molar-refractivity contribution in [1.29, 1.82) is 0 Å². The van der Waals surface area contributed by atoms with Crippen molar-refractivity contribution >= 4 is 5.91 Å². The van der Waals surface area contributed by atoms with Gasteiger partial charge >= 0.3 is 0 Å². The number of hydrogen-bond donors (Lipinski definition) is 1. The largest absolute Gasteiger partial charge is 0.381 e. The second kappa shape index (κ2) is 8.79. The molecule has 1 amide bonds. The predicted octanol–water partition coefficient (Wildman–Crippen LogP) is 2.51. The number of ether oxygens (including phenoxy) is 2. The molecule has 25 heavy (non-hydrogen) atoms. The van der Waals surface area contributed by atoms with Gasteiger partial charge in [-0.1, -0.05) is 37.3 Å². The molecule has 0 bridgehead atoms. The summed E-state index contributed by atoms with van der Waals surface area (Å²) in [4.78, 5) is 14.8. The highest BCUT2D eigenvalue weighted by atomic mass is 16.5. The minimum atomic E-state index is -0.259. The SMILES string of the molecule is C[C@@H](C(=O)N1CCC(OC2CCOCC2)CC1)[C@H](N)c1ccccc1. The summed E-state index contributed by atoms with van der Waals surface area (Å²) in [5.74, 6) is -0.0590. The number of nitrogens with zero attached hydrogens (tertiary/aromatic N) is 1. The van der Waals surface area contributed by atoms with Crippen LogP contribution in [-0.4, -0.2) is 49.3 Å². The van der Waals surface area contributed by atoms with E-state index in [1.165, 1.54) is 0 Å². The highest BCUT2D eigenvalue weighted by Gasteiger charge is 2.31. The maximum Gasteiger partial charge on any atom is 0.227 e. The Morgan fingerprint density at radius 1 is 1.12 bits per heavy atom. The third-order valence-corrected chi connectivity index (χ3v) is 5.42. The van der Waals surface area contributed by atoms with Crippen LogP contribution in [0, 0.1) is 5.92 Å². The van der Waals surface area contributed by atoms with Crippen LogP contribution in [0.5, 0.6) is 0 Å². The third kappa shape index (κ3) is 4.81. The molecule has 0 spiro atoms. The molecule has 2 heterocycles. The van der Waals surface area contributed by atoms with E-state index in [4.69, 9.17) is 15.2 Å². The Morgan fingerprint density at radius 3 is 2.36 bits per heavy atom. The zero-order chi connectivity index (χ0) is 17.6.